The smallest absolute Gasteiger partial charge is 0.225 e. The Morgan fingerprint density at radius 2 is 2.03 bits per heavy atom. The van der Waals surface area contributed by atoms with Gasteiger partial charge in [-0.05, 0) is 57.2 Å². The molecule has 6 nitrogen and oxygen atoms in total. The average Bonchev–Trinajstić information content (AvgIpc) is 3.41. The van der Waals surface area contributed by atoms with Crippen molar-refractivity contribution in [3.05, 3.63) is 29.8 Å². The molecule has 1 aromatic rings. The molecule has 0 spiro atoms. The van der Waals surface area contributed by atoms with Crippen molar-refractivity contribution in [1.82, 2.24) is 15.5 Å². The van der Waals surface area contributed by atoms with Crippen LogP contribution in [0.4, 0.5) is 0 Å². The van der Waals surface area contributed by atoms with E-state index in [9.17, 15) is 4.79 Å². The summed E-state index contributed by atoms with van der Waals surface area (Å²) in [5.41, 5.74) is 1.23. The minimum atomic E-state index is 0. The Labute approximate surface area is 198 Å². The summed E-state index contributed by atoms with van der Waals surface area (Å²) in [4.78, 5) is 19.4. The summed E-state index contributed by atoms with van der Waals surface area (Å²) in [6.07, 6.45) is 6.41. The van der Waals surface area contributed by atoms with E-state index in [-0.39, 0.29) is 35.9 Å². The lowest BCUT2D eigenvalue weighted by atomic mass is 10.1. The Hall–Kier alpha value is -1.51. The Balaban J connectivity index is 0.00000320. The first-order valence-electron chi connectivity index (χ1n) is 11.2. The van der Waals surface area contributed by atoms with E-state index in [2.05, 4.69) is 34.6 Å². The predicted octanol–water partition coefficient (Wildman–Crippen LogP) is 3.59. The van der Waals surface area contributed by atoms with Crippen LogP contribution >= 0.6 is 24.0 Å². The number of carbonyl (C=O) groups excluding carboxylic acids is 1. The lowest BCUT2D eigenvalue weighted by molar-refractivity contribution is -0.134. The number of ether oxygens (including phenoxy) is 1. The van der Waals surface area contributed by atoms with Crippen LogP contribution in [0, 0.1) is 5.92 Å². The molecular weight excluding hydrogens is 491 g/mol. The monoisotopic (exact) mass is 528 g/mol. The zero-order valence-electron chi connectivity index (χ0n) is 18.4. The molecule has 1 saturated carbocycles. The summed E-state index contributed by atoms with van der Waals surface area (Å²) in [5, 5.41) is 6.87. The number of aliphatic imine (C=N–C) groups is 1. The van der Waals surface area contributed by atoms with E-state index < -0.39 is 0 Å². The summed E-state index contributed by atoms with van der Waals surface area (Å²) < 4.78 is 5.57. The van der Waals surface area contributed by atoms with Gasteiger partial charge >= 0.3 is 0 Å². The third-order valence-electron chi connectivity index (χ3n) is 5.77. The van der Waals surface area contributed by atoms with E-state index in [0.29, 0.717) is 19.1 Å². The fourth-order valence-electron chi connectivity index (χ4n) is 4.28. The molecule has 1 aliphatic heterocycles. The van der Waals surface area contributed by atoms with Crippen LogP contribution in [0.1, 0.15) is 51.5 Å². The van der Waals surface area contributed by atoms with Crippen LogP contribution in [0.3, 0.4) is 0 Å². The highest BCUT2D eigenvalue weighted by Gasteiger charge is 2.32. The maximum absolute atomic E-state index is 12.6. The second kappa shape index (κ2) is 13.0. The van der Waals surface area contributed by atoms with Crippen molar-refractivity contribution in [2.75, 3.05) is 32.8 Å². The van der Waals surface area contributed by atoms with Crippen molar-refractivity contribution in [2.24, 2.45) is 10.9 Å². The standard InChI is InChI=1S/C23H36N4O2.HI/c1-3-24-23(25-14-12-18-8-7-11-21(16-18)29-4-2)26-20-13-15-27(17-20)22(28)19-9-5-6-10-19;/h7-8,11,16,19-20H,3-6,9-10,12-15,17H2,1-2H3,(H2,24,25,26);1H. The van der Waals surface area contributed by atoms with Crippen molar-refractivity contribution in [2.45, 2.75) is 58.4 Å². The number of halogens is 1. The van der Waals surface area contributed by atoms with Crippen molar-refractivity contribution in [3.63, 3.8) is 0 Å². The lowest BCUT2D eigenvalue weighted by Gasteiger charge is -2.21. The summed E-state index contributed by atoms with van der Waals surface area (Å²) in [7, 11) is 0. The third-order valence-corrected chi connectivity index (χ3v) is 5.77. The first-order chi connectivity index (χ1) is 14.2. The van der Waals surface area contributed by atoms with Gasteiger partial charge in [-0.1, -0.05) is 25.0 Å². The van der Waals surface area contributed by atoms with E-state index in [0.717, 1.165) is 57.0 Å². The lowest BCUT2D eigenvalue weighted by Crippen LogP contribution is -2.45. The van der Waals surface area contributed by atoms with Gasteiger partial charge in [0.2, 0.25) is 5.91 Å². The van der Waals surface area contributed by atoms with Crippen molar-refractivity contribution < 1.29 is 9.53 Å². The molecule has 1 aromatic carbocycles. The fraction of sp³-hybridized carbons (Fsp3) is 0.652. The molecule has 0 bridgehead atoms. The van der Waals surface area contributed by atoms with Gasteiger partial charge < -0.3 is 20.3 Å². The summed E-state index contributed by atoms with van der Waals surface area (Å²) in [5.74, 6) is 2.39. The fourth-order valence-corrected chi connectivity index (χ4v) is 4.28. The van der Waals surface area contributed by atoms with Gasteiger partial charge in [0, 0.05) is 38.1 Å². The van der Waals surface area contributed by atoms with Gasteiger partial charge in [0.1, 0.15) is 5.75 Å². The molecule has 1 unspecified atom stereocenters. The molecule has 1 amide bonds. The van der Waals surface area contributed by atoms with Gasteiger partial charge in [-0.3, -0.25) is 9.79 Å². The number of hydrogen-bond donors (Lipinski definition) is 2. The SMILES string of the molecule is CCNC(=NCCc1cccc(OCC)c1)NC1CCN(C(=O)C2CCCC2)C1.I. The molecule has 30 heavy (non-hydrogen) atoms. The number of hydrogen-bond acceptors (Lipinski definition) is 3. The number of guanidine groups is 1. The molecule has 2 fully saturated rings. The molecule has 1 atom stereocenters. The molecular formula is C23H37IN4O2. The second-order valence-corrected chi connectivity index (χ2v) is 7.99. The maximum Gasteiger partial charge on any atom is 0.225 e. The van der Waals surface area contributed by atoms with Gasteiger partial charge in [0.05, 0.1) is 6.61 Å². The zero-order chi connectivity index (χ0) is 20.5. The highest BCUT2D eigenvalue weighted by Crippen LogP contribution is 2.27. The average molecular weight is 528 g/mol. The summed E-state index contributed by atoms with van der Waals surface area (Å²) in [6, 6.07) is 8.49. The molecule has 1 heterocycles. The van der Waals surface area contributed by atoms with E-state index in [1.54, 1.807) is 0 Å². The van der Waals surface area contributed by atoms with Crippen molar-refractivity contribution in [1.29, 1.82) is 0 Å². The highest BCUT2D eigenvalue weighted by atomic mass is 127. The van der Waals surface area contributed by atoms with E-state index in [4.69, 9.17) is 9.73 Å². The molecule has 0 aromatic heterocycles. The third kappa shape index (κ3) is 7.32. The second-order valence-electron chi connectivity index (χ2n) is 7.99. The van der Waals surface area contributed by atoms with Crippen LogP contribution in [0.2, 0.25) is 0 Å². The van der Waals surface area contributed by atoms with E-state index >= 15 is 0 Å². The molecule has 0 radical (unpaired) electrons. The minimum absolute atomic E-state index is 0. The van der Waals surface area contributed by atoms with Gasteiger partial charge in [-0.15, -0.1) is 24.0 Å². The Morgan fingerprint density at radius 1 is 1.23 bits per heavy atom. The Morgan fingerprint density at radius 3 is 2.77 bits per heavy atom. The molecule has 2 aliphatic rings. The van der Waals surface area contributed by atoms with Crippen LogP contribution in [-0.4, -0.2) is 55.6 Å². The molecule has 3 rings (SSSR count). The molecule has 2 N–H and O–H groups in total. The van der Waals surface area contributed by atoms with Crippen LogP contribution in [0.25, 0.3) is 0 Å². The normalized spacial score (nSPS) is 19.5. The van der Waals surface area contributed by atoms with E-state index in [1.165, 1.54) is 18.4 Å². The molecule has 1 aliphatic carbocycles. The summed E-state index contributed by atoms with van der Waals surface area (Å²) >= 11 is 0. The molecule has 168 valence electrons. The number of benzene rings is 1. The first-order valence-corrected chi connectivity index (χ1v) is 11.2. The number of likely N-dealkylation sites (tertiary alicyclic amines) is 1. The highest BCUT2D eigenvalue weighted by molar-refractivity contribution is 14.0. The number of amides is 1. The Bertz CT molecular complexity index is 692. The van der Waals surface area contributed by atoms with Crippen molar-refractivity contribution in [3.8, 4) is 5.75 Å². The van der Waals surface area contributed by atoms with Crippen LogP contribution in [0.15, 0.2) is 29.3 Å². The van der Waals surface area contributed by atoms with Crippen LogP contribution in [-0.2, 0) is 11.2 Å². The van der Waals surface area contributed by atoms with Gasteiger partial charge in [0.15, 0.2) is 5.96 Å². The van der Waals surface area contributed by atoms with E-state index in [1.807, 2.05) is 19.1 Å². The first kappa shape index (κ1) is 24.8. The van der Waals surface area contributed by atoms with Crippen LogP contribution in [0.5, 0.6) is 5.75 Å². The van der Waals surface area contributed by atoms with Gasteiger partial charge in [-0.2, -0.15) is 0 Å². The van der Waals surface area contributed by atoms with Crippen LogP contribution < -0.4 is 15.4 Å². The predicted molar refractivity (Wildman–Crippen MR) is 133 cm³/mol. The number of carbonyl (C=O) groups is 1. The minimum Gasteiger partial charge on any atom is -0.494 e. The quantitative estimate of drug-likeness (QED) is 0.308. The number of rotatable bonds is 8. The summed E-state index contributed by atoms with van der Waals surface area (Å²) in [6.45, 7) is 7.93. The Kier molecular flexibility index (Phi) is 10.7. The van der Waals surface area contributed by atoms with Crippen molar-refractivity contribution >= 4 is 35.8 Å². The van der Waals surface area contributed by atoms with Gasteiger partial charge in [-0.25, -0.2) is 0 Å². The maximum atomic E-state index is 12.6. The topological polar surface area (TPSA) is 66.0 Å². The van der Waals surface area contributed by atoms with Gasteiger partial charge in [0.25, 0.3) is 0 Å². The largest absolute Gasteiger partial charge is 0.494 e. The zero-order valence-corrected chi connectivity index (χ0v) is 20.7. The molecule has 7 heteroatoms. The number of nitrogens with one attached hydrogen (secondary N) is 2. The molecule has 1 saturated heterocycles. The number of nitrogens with zero attached hydrogens (tertiary/aromatic N) is 2.